The number of hydrogen-bond acceptors (Lipinski definition) is 21. The zero-order valence-electron chi connectivity index (χ0n) is 44.5. The van der Waals surface area contributed by atoms with E-state index in [1.165, 1.54) is 34.8 Å². The molecule has 7 atom stereocenters. The van der Waals surface area contributed by atoms with Gasteiger partial charge in [-0.2, -0.15) is 15.8 Å². The first kappa shape index (κ1) is 104. The van der Waals surface area contributed by atoms with Crippen LogP contribution in [0.5, 0.6) is 0 Å². The topological polar surface area (TPSA) is 412 Å². The van der Waals surface area contributed by atoms with Crippen LogP contribution in [-0.2, 0) is 86.8 Å². The number of primary amides is 2. The number of carbonyl (C=O) groups excluding carboxylic acids is 3. The molecule has 0 aromatic heterocycles. The minimum Gasteiger partial charge on any atom is -0.870 e. The molecule has 0 bridgehead atoms. The summed E-state index contributed by atoms with van der Waals surface area (Å²) >= 11 is 7.41. The summed E-state index contributed by atoms with van der Waals surface area (Å²) in [5, 5.41) is 46.2. The molecular formula is C44H91KN7O17S2+. The Hall–Kier alpha value is -3.56. The van der Waals surface area contributed by atoms with Crippen LogP contribution in [0, 0.1) is 93.0 Å². The van der Waals surface area contributed by atoms with Gasteiger partial charge in [-0.3, -0.25) is 19.2 Å². The number of terminal acetylenes is 1. The van der Waals surface area contributed by atoms with Gasteiger partial charge < -0.3 is 70.3 Å². The van der Waals surface area contributed by atoms with E-state index in [-0.39, 0.29) is 138 Å². The summed E-state index contributed by atoms with van der Waals surface area (Å²) in [5.74, 6) is -4.07. The number of hydrogen-bond donors (Lipinski definition) is 5. The van der Waals surface area contributed by atoms with Crippen LogP contribution < -0.4 is 62.9 Å². The second-order valence-corrected chi connectivity index (χ2v) is 12.5. The Morgan fingerprint density at radius 1 is 0.662 bits per heavy atom. The molecule has 0 aliphatic heterocycles. The van der Waals surface area contributed by atoms with Crippen LogP contribution in [0.15, 0.2) is 17.2 Å². The first-order chi connectivity index (χ1) is 31.9. The third kappa shape index (κ3) is 128. The van der Waals surface area contributed by atoms with E-state index in [1.54, 1.807) is 69.1 Å². The van der Waals surface area contributed by atoms with Gasteiger partial charge in [0.15, 0.2) is 0 Å². The monoisotopic (exact) mass is 1090 g/mol. The Labute approximate surface area is 481 Å². The van der Waals surface area contributed by atoms with Crippen LogP contribution in [0.4, 0.5) is 0 Å². The van der Waals surface area contributed by atoms with E-state index in [9.17, 15) is 24.0 Å². The number of carbonyl (C=O) groups is 5. The summed E-state index contributed by atoms with van der Waals surface area (Å²) in [5.41, 5.74) is 9.81. The Bertz CT molecular complexity index is 1240. The van der Waals surface area contributed by atoms with E-state index in [0.717, 1.165) is 0 Å². The molecule has 0 saturated heterocycles. The van der Waals surface area contributed by atoms with Crippen molar-refractivity contribution in [3.63, 3.8) is 0 Å². The molecule has 0 heterocycles. The molecule has 2 amide bonds. The molecule has 416 valence electrons. The van der Waals surface area contributed by atoms with E-state index in [0.29, 0.717) is 39.5 Å². The molecule has 0 radical (unpaired) electrons. The molecule has 0 spiro atoms. The fourth-order valence-electron chi connectivity index (χ4n) is 2.39. The SMILES string of the molecule is C.C.C=CCC#N.COCC(C)C#N.COCC(C)C#N.COCC(C)C(=O)O.COCC(C)C(=O)O.COCC(C)C(=O)ON=S.COCC(C)C(N)=O.COCC(C)C(N)=O.C[OH2+].N=S.[2H]C#C.[K+].[OH-]. The minimum atomic E-state index is -0.813. The van der Waals surface area contributed by atoms with Gasteiger partial charge in [0.1, 0.15) is 8.48 Å². The van der Waals surface area contributed by atoms with Gasteiger partial charge in [0.2, 0.25) is 11.8 Å². The molecule has 0 aromatic rings. The summed E-state index contributed by atoms with van der Waals surface area (Å²) in [7, 11) is 12.0. The summed E-state index contributed by atoms with van der Waals surface area (Å²) in [6.45, 7) is 18.1. The van der Waals surface area contributed by atoms with Crippen molar-refractivity contribution in [1.82, 2.24) is 0 Å². The van der Waals surface area contributed by atoms with E-state index >= 15 is 0 Å². The zero-order chi connectivity index (χ0) is 56.5. The van der Waals surface area contributed by atoms with E-state index in [1.807, 2.05) is 32.1 Å². The smallest absolute Gasteiger partial charge is 0.870 e. The number of ether oxygens (including phenoxy) is 7. The van der Waals surface area contributed by atoms with Crippen LogP contribution in [-0.4, -0.2) is 154 Å². The van der Waals surface area contributed by atoms with Gasteiger partial charge in [-0.15, -0.1) is 19.4 Å². The van der Waals surface area contributed by atoms with Gasteiger partial charge >= 0.3 is 69.3 Å². The molecule has 7 unspecified atom stereocenters. The molecule has 0 rings (SSSR count). The van der Waals surface area contributed by atoms with Gasteiger partial charge in [0.05, 0.1) is 125 Å². The fraction of sp³-hybridized carbons (Fsp3) is 0.727. The van der Waals surface area contributed by atoms with Gasteiger partial charge in [0, 0.05) is 62.2 Å². The van der Waals surface area contributed by atoms with Crippen LogP contribution in [0.1, 0.15) is 71.1 Å². The quantitative estimate of drug-likeness (QED) is 0.0356. The number of carboxylic acids is 2. The van der Waals surface area contributed by atoms with Crippen molar-refractivity contribution in [2.45, 2.75) is 69.7 Å². The fourth-order valence-corrected chi connectivity index (χ4v) is 2.46. The van der Waals surface area contributed by atoms with Crippen LogP contribution in [0.3, 0.4) is 0 Å². The number of carboxylic acid groups (broad SMARTS) is 2. The van der Waals surface area contributed by atoms with Crippen molar-refractivity contribution in [3.8, 4) is 31.0 Å². The third-order valence-corrected chi connectivity index (χ3v) is 6.01. The molecule has 0 aromatic carbocycles. The number of amides is 2. The van der Waals surface area contributed by atoms with Crippen LogP contribution in [0.2, 0.25) is 0 Å². The molecule has 0 fully saturated rings. The normalized spacial score (nSPS) is 10.8. The maximum atomic E-state index is 10.7. The number of nitrogens with two attached hydrogens (primary N) is 2. The van der Waals surface area contributed by atoms with Gasteiger partial charge in [-0.25, -0.2) is 9.57 Å². The Morgan fingerprint density at radius 3 is 0.986 bits per heavy atom. The number of allylic oxidation sites excluding steroid dienone is 1. The Kier molecular flexibility index (Phi) is 146. The van der Waals surface area contributed by atoms with E-state index in [4.69, 9.17) is 53.5 Å². The number of nitrogens with one attached hydrogen (secondary N) is 1. The zero-order valence-corrected chi connectivity index (χ0v) is 48.2. The number of rotatable bonds is 21. The Balaban J connectivity index is -0.0000000388. The number of nitriles is 3. The van der Waals surface area contributed by atoms with Crippen LogP contribution in [0.25, 0.3) is 0 Å². The van der Waals surface area contributed by atoms with Crippen molar-refractivity contribution >= 4 is 54.6 Å². The van der Waals surface area contributed by atoms with Crippen LogP contribution >= 0.6 is 0 Å². The predicted octanol–water partition coefficient (Wildman–Crippen LogP) is 1.33. The van der Waals surface area contributed by atoms with E-state index in [2.05, 4.69) is 75.6 Å². The molecular weight excluding hydrogens is 1000 g/mol. The Morgan fingerprint density at radius 2 is 0.887 bits per heavy atom. The first-order valence-electron chi connectivity index (χ1n) is 19.7. The molecule has 27 heteroatoms. The molecule has 0 aliphatic rings. The van der Waals surface area contributed by atoms with Crippen molar-refractivity contribution in [1.29, 1.82) is 20.6 Å². The van der Waals surface area contributed by atoms with Gasteiger partial charge in [-0.1, -0.05) is 34.8 Å². The standard InChI is InChI=1S/C5H9NO3S.2C5H11NO2.2C5H9NO.2C5H10O3.C4H5N.C2H2.CH4O.2CH4.K.HNS.H2O/c1-4(3-8-2)5(7)9-6-10;2*1-4(3-8-2)5(6)7;2*1-5(3-6)4-7-2;2*1-4(3-8-2)5(6)7;1-2-3-4-5;2*1-2;;;;1-2;/h4H,3H2,1-2H3;2*4H,3H2,1-2H3,(H2,6,7);2*5H,4H2,1-2H3;2*4H,3H2,1-2H3,(H,6,7);2H,1,3H2;1-2H;2H,1H3;2*1H4;;1H;1H2/q;;;;;;;;;;;;+1;;/i;;;;;;;;1D;;;;;;. The van der Waals surface area contributed by atoms with Crippen molar-refractivity contribution in [2.75, 3.05) is 103 Å². The van der Waals surface area contributed by atoms with Crippen molar-refractivity contribution in [3.05, 3.63) is 12.7 Å². The number of aliphatic carboxylic acids is 2. The molecule has 0 saturated carbocycles. The average molecular weight is 1090 g/mol. The second-order valence-electron chi connectivity index (χ2n) is 12.4. The largest absolute Gasteiger partial charge is 1.00 e. The molecule has 71 heavy (non-hydrogen) atoms. The third-order valence-electron chi connectivity index (χ3n) is 5.94. The molecule has 10 N–H and O–H groups in total. The summed E-state index contributed by atoms with van der Waals surface area (Å²) in [6.07, 6.45) is 7.79. The summed E-state index contributed by atoms with van der Waals surface area (Å²) in [4.78, 5) is 55.3. The second kappa shape index (κ2) is 99.6. The molecule has 24 nitrogen and oxygen atoms in total. The summed E-state index contributed by atoms with van der Waals surface area (Å²) in [6, 6.07) is 5.98. The predicted molar refractivity (Wildman–Crippen MR) is 273 cm³/mol. The van der Waals surface area contributed by atoms with E-state index < -0.39 is 17.9 Å². The average Bonchev–Trinajstić information content (AvgIpc) is 3.30. The van der Waals surface area contributed by atoms with Gasteiger partial charge in [-0.05, 0) is 39.1 Å². The first-order valence-corrected chi connectivity index (χ1v) is 20.0. The number of methoxy groups -OCH3 is 7. The maximum Gasteiger partial charge on any atom is 1.00 e. The maximum absolute atomic E-state index is 10.7. The molecule has 0 aliphatic carbocycles. The van der Waals surface area contributed by atoms with Crippen molar-refractivity contribution in [2.24, 2.45) is 57.4 Å². The number of nitrogens with zero attached hydrogens (tertiary/aromatic N) is 4. The van der Waals surface area contributed by atoms with Gasteiger partial charge in [0.25, 0.3) is 0 Å². The minimum absolute atomic E-state index is 0. The summed E-state index contributed by atoms with van der Waals surface area (Å²) < 4.78 is 46.4. The van der Waals surface area contributed by atoms with Crippen molar-refractivity contribution < 1.29 is 136 Å².